The van der Waals surface area contributed by atoms with E-state index in [9.17, 15) is 4.39 Å². The van der Waals surface area contributed by atoms with Crippen molar-refractivity contribution < 1.29 is 4.39 Å². The number of rotatable bonds is 5. The van der Waals surface area contributed by atoms with E-state index in [0.717, 1.165) is 30.4 Å². The zero-order chi connectivity index (χ0) is 13.8. The molecule has 1 aliphatic rings. The van der Waals surface area contributed by atoms with Crippen molar-refractivity contribution in [2.75, 3.05) is 19.6 Å². The van der Waals surface area contributed by atoms with E-state index in [2.05, 4.69) is 18.7 Å². The Bertz CT molecular complexity index is 405. The lowest BCUT2D eigenvalue weighted by molar-refractivity contribution is 0.292. The molecule has 1 aromatic rings. The van der Waals surface area contributed by atoms with E-state index in [1.54, 1.807) is 12.1 Å². The van der Waals surface area contributed by atoms with Gasteiger partial charge in [0.1, 0.15) is 5.82 Å². The molecular formula is C16H25FN2. The fourth-order valence-corrected chi connectivity index (χ4v) is 2.84. The minimum Gasteiger partial charge on any atom is -0.324 e. The van der Waals surface area contributed by atoms with Crippen molar-refractivity contribution in [1.29, 1.82) is 0 Å². The van der Waals surface area contributed by atoms with Gasteiger partial charge in [0, 0.05) is 12.6 Å². The van der Waals surface area contributed by atoms with Gasteiger partial charge in [0.25, 0.3) is 0 Å². The van der Waals surface area contributed by atoms with Crippen LogP contribution in [0.4, 0.5) is 4.39 Å². The lowest BCUT2D eigenvalue weighted by Gasteiger charge is -2.20. The van der Waals surface area contributed by atoms with Gasteiger partial charge in [0.05, 0.1) is 0 Å². The van der Waals surface area contributed by atoms with Crippen LogP contribution in [0.2, 0.25) is 0 Å². The van der Waals surface area contributed by atoms with Crippen LogP contribution in [-0.2, 0) is 0 Å². The molecule has 106 valence electrons. The van der Waals surface area contributed by atoms with Crippen LogP contribution in [0.3, 0.4) is 0 Å². The molecule has 2 rings (SSSR count). The molecule has 0 aliphatic carbocycles. The average Bonchev–Trinajstić information content (AvgIpc) is 2.85. The smallest absolute Gasteiger partial charge is 0.123 e. The zero-order valence-electron chi connectivity index (χ0n) is 12.0. The summed E-state index contributed by atoms with van der Waals surface area (Å²) in [5.74, 6) is 1.39. The number of hydrogen-bond acceptors (Lipinski definition) is 2. The fourth-order valence-electron chi connectivity index (χ4n) is 2.84. The molecule has 0 radical (unpaired) electrons. The third-order valence-corrected chi connectivity index (χ3v) is 4.28. The number of likely N-dealkylation sites (tertiary alicyclic amines) is 1. The Morgan fingerprint density at radius 3 is 2.84 bits per heavy atom. The summed E-state index contributed by atoms with van der Waals surface area (Å²) in [4.78, 5) is 2.49. The molecule has 2 unspecified atom stereocenters. The number of benzene rings is 1. The predicted molar refractivity (Wildman–Crippen MR) is 77.3 cm³/mol. The molecule has 1 aromatic carbocycles. The summed E-state index contributed by atoms with van der Waals surface area (Å²) < 4.78 is 13.1. The summed E-state index contributed by atoms with van der Waals surface area (Å²) in [6.07, 6.45) is 2.20. The van der Waals surface area contributed by atoms with Crippen LogP contribution in [0.5, 0.6) is 0 Å². The highest BCUT2D eigenvalue weighted by Crippen LogP contribution is 2.24. The van der Waals surface area contributed by atoms with E-state index in [1.807, 2.05) is 6.07 Å². The van der Waals surface area contributed by atoms with Gasteiger partial charge in [0.2, 0.25) is 0 Å². The maximum absolute atomic E-state index is 13.1. The van der Waals surface area contributed by atoms with Gasteiger partial charge in [-0.1, -0.05) is 26.0 Å². The molecule has 3 heteroatoms. The van der Waals surface area contributed by atoms with E-state index in [-0.39, 0.29) is 11.9 Å². The summed E-state index contributed by atoms with van der Waals surface area (Å²) in [6, 6.07) is 6.59. The van der Waals surface area contributed by atoms with Crippen LogP contribution in [0.25, 0.3) is 0 Å². The Morgan fingerprint density at radius 2 is 2.21 bits per heavy atom. The standard InChI is InChI=1S/C16H25FN2/c1-12(2)14-6-8-19(11-14)9-7-16(18)13-4-3-5-15(17)10-13/h3-5,10,12,14,16H,6-9,11,18H2,1-2H3. The first-order valence-electron chi connectivity index (χ1n) is 7.29. The number of nitrogens with zero attached hydrogens (tertiary/aromatic N) is 1. The first kappa shape index (κ1) is 14.5. The van der Waals surface area contributed by atoms with E-state index in [0.29, 0.717) is 0 Å². The fraction of sp³-hybridized carbons (Fsp3) is 0.625. The molecule has 2 nitrogen and oxygen atoms in total. The van der Waals surface area contributed by atoms with Gasteiger partial charge in [0.15, 0.2) is 0 Å². The lowest BCUT2D eigenvalue weighted by Crippen LogP contribution is -2.26. The van der Waals surface area contributed by atoms with Crippen LogP contribution in [0.15, 0.2) is 24.3 Å². The first-order chi connectivity index (χ1) is 9.06. The maximum Gasteiger partial charge on any atom is 0.123 e. The number of halogens is 1. The zero-order valence-corrected chi connectivity index (χ0v) is 12.0. The van der Waals surface area contributed by atoms with Crippen molar-refractivity contribution in [2.24, 2.45) is 17.6 Å². The highest BCUT2D eigenvalue weighted by molar-refractivity contribution is 5.19. The Labute approximate surface area is 115 Å². The van der Waals surface area contributed by atoms with Gasteiger partial charge in [-0.3, -0.25) is 0 Å². The SMILES string of the molecule is CC(C)C1CCN(CCC(N)c2cccc(F)c2)C1. The molecule has 1 aliphatic heterocycles. The molecule has 19 heavy (non-hydrogen) atoms. The lowest BCUT2D eigenvalue weighted by atomic mass is 9.95. The molecule has 1 heterocycles. The average molecular weight is 264 g/mol. The van der Waals surface area contributed by atoms with Crippen molar-refractivity contribution in [3.8, 4) is 0 Å². The van der Waals surface area contributed by atoms with Crippen LogP contribution in [0, 0.1) is 17.7 Å². The van der Waals surface area contributed by atoms with Gasteiger partial charge in [-0.2, -0.15) is 0 Å². The number of nitrogens with two attached hydrogens (primary N) is 1. The van der Waals surface area contributed by atoms with Crippen LogP contribution >= 0.6 is 0 Å². The Morgan fingerprint density at radius 1 is 1.42 bits per heavy atom. The summed E-state index contributed by atoms with van der Waals surface area (Å²) in [6.45, 7) is 7.98. The van der Waals surface area contributed by atoms with Crippen molar-refractivity contribution in [3.63, 3.8) is 0 Å². The van der Waals surface area contributed by atoms with E-state index in [1.165, 1.54) is 25.6 Å². The molecule has 1 saturated heterocycles. The predicted octanol–water partition coefficient (Wildman–Crippen LogP) is 3.19. The van der Waals surface area contributed by atoms with Gasteiger partial charge < -0.3 is 10.6 Å². The minimum absolute atomic E-state index is 0.0613. The highest BCUT2D eigenvalue weighted by Gasteiger charge is 2.24. The molecule has 1 fully saturated rings. The minimum atomic E-state index is -0.200. The summed E-state index contributed by atoms with van der Waals surface area (Å²) in [7, 11) is 0. The highest BCUT2D eigenvalue weighted by atomic mass is 19.1. The molecule has 0 spiro atoms. The van der Waals surface area contributed by atoms with E-state index >= 15 is 0 Å². The van der Waals surface area contributed by atoms with Crippen LogP contribution in [-0.4, -0.2) is 24.5 Å². The van der Waals surface area contributed by atoms with Crippen molar-refractivity contribution in [3.05, 3.63) is 35.6 Å². The van der Waals surface area contributed by atoms with Gasteiger partial charge in [-0.25, -0.2) is 4.39 Å². The van der Waals surface area contributed by atoms with E-state index in [4.69, 9.17) is 5.73 Å². The summed E-state index contributed by atoms with van der Waals surface area (Å²) in [5.41, 5.74) is 7.05. The van der Waals surface area contributed by atoms with Crippen molar-refractivity contribution in [2.45, 2.75) is 32.7 Å². The normalized spacial score (nSPS) is 22.1. The Balaban J connectivity index is 1.80. The maximum atomic E-state index is 13.1. The third-order valence-electron chi connectivity index (χ3n) is 4.28. The summed E-state index contributed by atoms with van der Waals surface area (Å²) >= 11 is 0. The monoisotopic (exact) mass is 264 g/mol. The Hall–Kier alpha value is -0.930. The van der Waals surface area contributed by atoms with E-state index < -0.39 is 0 Å². The van der Waals surface area contributed by atoms with Crippen molar-refractivity contribution >= 4 is 0 Å². The molecule has 0 bridgehead atoms. The summed E-state index contributed by atoms with van der Waals surface area (Å²) in [5, 5.41) is 0. The topological polar surface area (TPSA) is 29.3 Å². The quantitative estimate of drug-likeness (QED) is 0.885. The largest absolute Gasteiger partial charge is 0.324 e. The number of hydrogen-bond donors (Lipinski definition) is 1. The molecular weight excluding hydrogens is 239 g/mol. The molecule has 0 amide bonds. The Kier molecular flexibility index (Phi) is 4.94. The van der Waals surface area contributed by atoms with Crippen molar-refractivity contribution in [1.82, 2.24) is 4.90 Å². The molecule has 2 N–H and O–H groups in total. The van der Waals surface area contributed by atoms with Gasteiger partial charge in [-0.05, 0) is 55.5 Å². The third kappa shape index (κ3) is 4.02. The second kappa shape index (κ2) is 6.49. The van der Waals surface area contributed by atoms with Crippen LogP contribution in [0.1, 0.15) is 38.3 Å². The van der Waals surface area contributed by atoms with Gasteiger partial charge in [-0.15, -0.1) is 0 Å². The second-order valence-electron chi connectivity index (χ2n) is 6.04. The second-order valence-corrected chi connectivity index (χ2v) is 6.04. The first-order valence-corrected chi connectivity index (χ1v) is 7.29. The molecule has 2 atom stereocenters. The molecule has 0 saturated carbocycles. The van der Waals surface area contributed by atoms with Crippen LogP contribution < -0.4 is 5.73 Å². The molecule has 0 aromatic heterocycles. The van der Waals surface area contributed by atoms with Gasteiger partial charge >= 0.3 is 0 Å².